The lowest BCUT2D eigenvalue weighted by Crippen LogP contribution is -2.25. The highest BCUT2D eigenvalue weighted by molar-refractivity contribution is 5.81. The zero-order valence-corrected chi connectivity index (χ0v) is 11.8. The molecule has 0 bridgehead atoms. The molecule has 0 spiro atoms. The van der Waals surface area contributed by atoms with Crippen molar-refractivity contribution in [3.63, 3.8) is 0 Å². The van der Waals surface area contributed by atoms with E-state index in [0.717, 1.165) is 22.3 Å². The van der Waals surface area contributed by atoms with Gasteiger partial charge in [0.2, 0.25) is 5.91 Å². The lowest BCUT2D eigenvalue weighted by Gasteiger charge is -2.04. The summed E-state index contributed by atoms with van der Waals surface area (Å²) >= 11 is 0. The smallest absolute Gasteiger partial charge is 0.224 e. The lowest BCUT2D eigenvalue weighted by atomic mass is 10.1. The van der Waals surface area contributed by atoms with Crippen molar-refractivity contribution in [3.05, 3.63) is 41.0 Å². The average Bonchev–Trinajstić information content (AvgIpc) is 3.03. The third kappa shape index (κ3) is 2.62. The molecule has 108 valence electrons. The summed E-state index contributed by atoms with van der Waals surface area (Å²) in [4.78, 5) is 16.2. The van der Waals surface area contributed by atoms with Crippen LogP contribution in [0, 0.1) is 13.8 Å². The second-order valence-electron chi connectivity index (χ2n) is 4.83. The molecule has 21 heavy (non-hydrogen) atoms. The molecule has 1 amide bonds. The van der Waals surface area contributed by atoms with Gasteiger partial charge in [0, 0.05) is 17.1 Å². The molecule has 7 nitrogen and oxygen atoms in total. The topological polar surface area (TPSA) is 96.7 Å². The van der Waals surface area contributed by atoms with E-state index in [1.54, 1.807) is 13.1 Å². The van der Waals surface area contributed by atoms with Crippen LogP contribution in [0.15, 0.2) is 22.9 Å². The van der Waals surface area contributed by atoms with Crippen molar-refractivity contribution < 1.29 is 9.32 Å². The molecule has 3 rings (SSSR count). The summed E-state index contributed by atoms with van der Waals surface area (Å²) < 4.78 is 5.05. The van der Waals surface area contributed by atoms with Crippen LogP contribution in [0.3, 0.4) is 0 Å². The number of carbonyl (C=O) groups excluding carboxylic acids is 1. The first-order chi connectivity index (χ1) is 10.1. The number of amides is 1. The van der Waals surface area contributed by atoms with Crippen LogP contribution in [0.4, 0.5) is 0 Å². The fourth-order valence-corrected chi connectivity index (χ4v) is 2.20. The Morgan fingerprint density at radius 1 is 1.43 bits per heavy atom. The number of pyridine rings is 1. The van der Waals surface area contributed by atoms with E-state index in [2.05, 4.69) is 25.7 Å². The largest absolute Gasteiger partial charge is 0.361 e. The Labute approximate surface area is 120 Å². The standard InChI is InChI=1S/C14H15N5O2/c1-8-11(9(2)21-19-8)6-13(20)16-7-12-10-4-3-5-15-14(10)18-17-12/h3-5H,6-7H2,1-2H3,(H,16,20)(H,15,17,18). The van der Waals surface area contributed by atoms with Crippen molar-refractivity contribution in [2.45, 2.75) is 26.8 Å². The molecule has 2 N–H and O–H groups in total. The van der Waals surface area contributed by atoms with Crippen LogP contribution in [0.2, 0.25) is 0 Å². The highest BCUT2D eigenvalue weighted by Crippen LogP contribution is 2.14. The minimum atomic E-state index is -0.0870. The van der Waals surface area contributed by atoms with Gasteiger partial charge in [-0.2, -0.15) is 5.10 Å². The number of aromatic amines is 1. The zero-order valence-electron chi connectivity index (χ0n) is 11.8. The first kappa shape index (κ1) is 13.3. The van der Waals surface area contributed by atoms with Crippen molar-refractivity contribution in [1.82, 2.24) is 25.7 Å². The SMILES string of the molecule is Cc1noc(C)c1CC(=O)NCc1[nH]nc2ncccc12. The number of fused-ring (bicyclic) bond motifs is 1. The second kappa shape index (κ2) is 5.35. The molecule has 0 radical (unpaired) electrons. The summed E-state index contributed by atoms with van der Waals surface area (Å²) in [5.74, 6) is 0.592. The Bertz CT molecular complexity index is 770. The van der Waals surface area contributed by atoms with E-state index in [1.165, 1.54) is 0 Å². The van der Waals surface area contributed by atoms with Gasteiger partial charge >= 0.3 is 0 Å². The Morgan fingerprint density at radius 3 is 3.05 bits per heavy atom. The zero-order chi connectivity index (χ0) is 14.8. The quantitative estimate of drug-likeness (QED) is 0.755. The van der Waals surface area contributed by atoms with Crippen LogP contribution in [0.25, 0.3) is 11.0 Å². The molecule has 0 saturated carbocycles. The van der Waals surface area contributed by atoms with Gasteiger partial charge in [0.25, 0.3) is 0 Å². The minimum Gasteiger partial charge on any atom is -0.361 e. The van der Waals surface area contributed by atoms with Crippen LogP contribution >= 0.6 is 0 Å². The van der Waals surface area contributed by atoms with E-state index in [0.29, 0.717) is 18.0 Å². The average molecular weight is 285 g/mol. The number of hydrogen-bond donors (Lipinski definition) is 2. The predicted octanol–water partition coefficient (Wildman–Crippen LogP) is 1.42. The fraction of sp³-hybridized carbons (Fsp3) is 0.286. The number of nitrogens with zero attached hydrogens (tertiary/aromatic N) is 3. The van der Waals surface area contributed by atoms with Crippen molar-refractivity contribution in [2.75, 3.05) is 0 Å². The molecular weight excluding hydrogens is 270 g/mol. The fourth-order valence-electron chi connectivity index (χ4n) is 2.20. The van der Waals surface area contributed by atoms with Crippen molar-refractivity contribution in [1.29, 1.82) is 0 Å². The van der Waals surface area contributed by atoms with Gasteiger partial charge in [0.05, 0.1) is 24.4 Å². The highest BCUT2D eigenvalue weighted by atomic mass is 16.5. The molecule has 0 fully saturated rings. The lowest BCUT2D eigenvalue weighted by molar-refractivity contribution is -0.120. The van der Waals surface area contributed by atoms with E-state index in [4.69, 9.17) is 4.52 Å². The van der Waals surface area contributed by atoms with Gasteiger partial charge in [-0.05, 0) is 26.0 Å². The number of H-pyrrole nitrogens is 1. The summed E-state index contributed by atoms with van der Waals surface area (Å²) in [5, 5.41) is 14.6. The van der Waals surface area contributed by atoms with Crippen LogP contribution < -0.4 is 5.32 Å². The molecule has 0 aliphatic heterocycles. The maximum atomic E-state index is 12.0. The molecule has 0 saturated heterocycles. The van der Waals surface area contributed by atoms with Crippen LogP contribution in [-0.2, 0) is 17.8 Å². The van der Waals surface area contributed by atoms with Crippen molar-refractivity contribution in [2.24, 2.45) is 0 Å². The normalized spacial score (nSPS) is 11.0. The van der Waals surface area contributed by atoms with Crippen molar-refractivity contribution >= 4 is 16.9 Å². The van der Waals surface area contributed by atoms with Gasteiger partial charge in [-0.1, -0.05) is 5.16 Å². The molecular formula is C14H15N5O2. The van der Waals surface area contributed by atoms with Crippen LogP contribution in [0.5, 0.6) is 0 Å². The Kier molecular flexibility index (Phi) is 3.39. The number of aromatic nitrogens is 4. The molecule has 7 heteroatoms. The Morgan fingerprint density at radius 2 is 2.29 bits per heavy atom. The maximum Gasteiger partial charge on any atom is 0.224 e. The third-order valence-corrected chi connectivity index (χ3v) is 3.39. The number of nitrogens with one attached hydrogen (secondary N) is 2. The van der Waals surface area contributed by atoms with Gasteiger partial charge in [-0.25, -0.2) is 4.98 Å². The van der Waals surface area contributed by atoms with Gasteiger partial charge < -0.3 is 9.84 Å². The van der Waals surface area contributed by atoms with Gasteiger partial charge in [-0.3, -0.25) is 9.89 Å². The summed E-state index contributed by atoms with van der Waals surface area (Å²) in [6, 6.07) is 3.76. The summed E-state index contributed by atoms with van der Waals surface area (Å²) in [7, 11) is 0. The summed E-state index contributed by atoms with van der Waals surface area (Å²) in [6.45, 7) is 4.01. The van der Waals surface area contributed by atoms with Gasteiger partial charge in [-0.15, -0.1) is 0 Å². The number of aryl methyl sites for hydroxylation is 2. The monoisotopic (exact) mass is 285 g/mol. The van der Waals surface area contributed by atoms with Gasteiger partial charge in [0.15, 0.2) is 5.65 Å². The van der Waals surface area contributed by atoms with Crippen molar-refractivity contribution in [3.8, 4) is 0 Å². The van der Waals surface area contributed by atoms with Gasteiger partial charge in [0.1, 0.15) is 5.76 Å². The molecule has 3 aromatic rings. The minimum absolute atomic E-state index is 0.0870. The molecule has 0 unspecified atom stereocenters. The number of carbonyl (C=O) groups is 1. The second-order valence-corrected chi connectivity index (χ2v) is 4.83. The summed E-state index contributed by atoms with van der Waals surface area (Å²) in [6.07, 6.45) is 1.94. The highest BCUT2D eigenvalue weighted by Gasteiger charge is 2.14. The Hall–Kier alpha value is -2.70. The molecule has 3 aromatic heterocycles. The Balaban J connectivity index is 1.66. The first-order valence-corrected chi connectivity index (χ1v) is 6.61. The first-order valence-electron chi connectivity index (χ1n) is 6.61. The van der Waals surface area contributed by atoms with Crippen LogP contribution in [0.1, 0.15) is 22.7 Å². The van der Waals surface area contributed by atoms with E-state index in [-0.39, 0.29) is 12.3 Å². The molecule has 0 aromatic carbocycles. The maximum absolute atomic E-state index is 12.0. The van der Waals surface area contributed by atoms with E-state index >= 15 is 0 Å². The third-order valence-electron chi connectivity index (χ3n) is 3.39. The number of hydrogen-bond acceptors (Lipinski definition) is 5. The summed E-state index contributed by atoms with van der Waals surface area (Å²) in [5.41, 5.74) is 3.07. The molecule has 0 aliphatic rings. The molecule has 0 aliphatic carbocycles. The van der Waals surface area contributed by atoms with Crippen LogP contribution in [-0.4, -0.2) is 26.2 Å². The molecule has 0 atom stereocenters. The van der Waals surface area contributed by atoms with E-state index < -0.39 is 0 Å². The number of rotatable bonds is 4. The van der Waals surface area contributed by atoms with E-state index in [1.807, 2.05) is 19.1 Å². The predicted molar refractivity (Wildman–Crippen MR) is 75.4 cm³/mol. The molecule has 3 heterocycles. The van der Waals surface area contributed by atoms with E-state index in [9.17, 15) is 4.79 Å².